The van der Waals surface area contributed by atoms with Crippen LogP contribution in [-0.2, 0) is 4.74 Å². The first-order valence-electron chi connectivity index (χ1n) is 5.91. The molecule has 0 saturated carbocycles. The number of carbonyl (C=O) groups is 1. The molecule has 106 valence electrons. The summed E-state index contributed by atoms with van der Waals surface area (Å²) in [6, 6.07) is 2.70. The molecule has 0 aliphatic rings. The van der Waals surface area contributed by atoms with Crippen LogP contribution in [0, 0.1) is 0 Å². The second kappa shape index (κ2) is 7.86. The third kappa shape index (κ3) is 4.61. The molecule has 0 heterocycles. The Balaban J connectivity index is 2.74. The first kappa shape index (κ1) is 15.6. The molecule has 0 bridgehead atoms. The van der Waals surface area contributed by atoms with Crippen molar-refractivity contribution in [2.75, 3.05) is 26.9 Å². The molecule has 0 aromatic heterocycles. The lowest BCUT2D eigenvalue weighted by Gasteiger charge is -2.13. The number of carboxylic acid groups (broad SMARTS) is 1. The topological polar surface area (TPSA) is 65.0 Å². The Labute approximate surface area is 117 Å². The number of halogens is 1. The predicted molar refractivity (Wildman–Crippen MR) is 71.6 cm³/mol. The quantitative estimate of drug-likeness (QED) is 0.745. The SMILES string of the molecule is CCCOCCOc1c(Cl)cc(C(=O)O)cc1OC. The zero-order valence-electron chi connectivity index (χ0n) is 10.9. The van der Waals surface area contributed by atoms with Gasteiger partial charge in [-0.15, -0.1) is 0 Å². The Kier molecular flexibility index (Phi) is 6.45. The zero-order valence-corrected chi connectivity index (χ0v) is 11.7. The van der Waals surface area contributed by atoms with E-state index in [-0.39, 0.29) is 10.6 Å². The van der Waals surface area contributed by atoms with E-state index in [9.17, 15) is 4.79 Å². The minimum absolute atomic E-state index is 0.0523. The van der Waals surface area contributed by atoms with Gasteiger partial charge in [-0.25, -0.2) is 4.79 Å². The summed E-state index contributed by atoms with van der Waals surface area (Å²) in [5, 5.41) is 9.12. The highest BCUT2D eigenvalue weighted by Gasteiger charge is 2.15. The van der Waals surface area contributed by atoms with Gasteiger partial charge >= 0.3 is 5.97 Å². The van der Waals surface area contributed by atoms with E-state index in [0.29, 0.717) is 31.3 Å². The highest BCUT2D eigenvalue weighted by Crippen LogP contribution is 2.36. The van der Waals surface area contributed by atoms with Crippen molar-refractivity contribution >= 4 is 17.6 Å². The smallest absolute Gasteiger partial charge is 0.335 e. The van der Waals surface area contributed by atoms with Crippen LogP contribution in [0.15, 0.2) is 12.1 Å². The van der Waals surface area contributed by atoms with Crippen LogP contribution in [0.1, 0.15) is 23.7 Å². The standard InChI is InChI=1S/C13H17ClO5/c1-3-4-18-5-6-19-12-10(14)7-9(13(15)16)8-11(12)17-2/h7-8H,3-6H2,1-2H3,(H,15,16). The Bertz CT molecular complexity index is 433. The van der Waals surface area contributed by atoms with Crippen LogP contribution >= 0.6 is 11.6 Å². The molecule has 0 radical (unpaired) electrons. The largest absolute Gasteiger partial charge is 0.493 e. The van der Waals surface area contributed by atoms with Gasteiger partial charge in [-0.1, -0.05) is 18.5 Å². The van der Waals surface area contributed by atoms with E-state index in [1.807, 2.05) is 6.92 Å². The van der Waals surface area contributed by atoms with Gasteiger partial charge in [0.25, 0.3) is 0 Å². The zero-order chi connectivity index (χ0) is 14.3. The Hall–Kier alpha value is -1.46. The molecule has 1 rings (SSSR count). The number of benzene rings is 1. The third-order valence-electron chi connectivity index (χ3n) is 2.30. The average molecular weight is 289 g/mol. The van der Waals surface area contributed by atoms with Crippen LogP contribution in [0.5, 0.6) is 11.5 Å². The van der Waals surface area contributed by atoms with E-state index < -0.39 is 5.97 Å². The number of carboxylic acids is 1. The van der Waals surface area contributed by atoms with Gasteiger partial charge in [0.1, 0.15) is 6.61 Å². The van der Waals surface area contributed by atoms with Crippen molar-refractivity contribution in [1.82, 2.24) is 0 Å². The van der Waals surface area contributed by atoms with E-state index in [1.165, 1.54) is 19.2 Å². The van der Waals surface area contributed by atoms with E-state index in [2.05, 4.69) is 0 Å². The first-order valence-corrected chi connectivity index (χ1v) is 6.29. The fourth-order valence-corrected chi connectivity index (χ4v) is 1.70. The maximum absolute atomic E-state index is 10.9. The van der Waals surface area contributed by atoms with Gasteiger partial charge in [-0.2, -0.15) is 0 Å². The minimum Gasteiger partial charge on any atom is -0.493 e. The van der Waals surface area contributed by atoms with E-state index in [0.717, 1.165) is 6.42 Å². The predicted octanol–water partition coefficient (Wildman–Crippen LogP) is 2.85. The van der Waals surface area contributed by atoms with Crippen LogP contribution in [0.4, 0.5) is 0 Å². The van der Waals surface area contributed by atoms with Crippen LogP contribution in [0.25, 0.3) is 0 Å². The summed E-state index contributed by atoms with van der Waals surface area (Å²) in [4.78, 5) is 10.9. The number of rotatable bonds is 8. The molecule has 0 fully saturated rings. The molecule has 19 heavy (non-hydrogen) atoms. The molecule has 5 nitrogen and oxygen atoms in total. The molecule has 0 aliphatic carbocycles. The lowest BCUT2D eigenvalue weighted by Crippen LogP contribution is -2.08. The number of hydrogen-bond donors (Lipinski definition) is 1. The van der Waals surface area contributed by atoms with Gasteiger partial charge in [0.05, 0.1) is 24.3 Å². The van der Waals surface area contributed by atoms with Crippen LogP contribution in [0.3, 0.4) is 0 Å². The molecule has 0 saturated heterocycles. The summed E-state index contributed by atoms with van der Waals surface area (Å²) in [7, 11) is 1.43. The van der Waals surface area contributed by atoms with Crippen molar-refractivity contribution in [2.45, 2.75) is 13.3 Å². The van der Waals surface area contributed by atoms with Gasteiger partial charge in [0.2, 0.25) is 0 Å². The van der Waals surface area contributed by atoms with Gasteiger partial charge < -0.3 is 19.3 Å². The maximum atomic E-state index is 10.9. The lowest BCUT2D eigenvalue weighted by molar-refractivity contribution is 0.0696. The van der Waals surface area contributed by atoms with E-state index in [1.54, 1.807) is 0 Å². The summed E-state index contributed by atoms with van der Waals surface area (Å²) in [5.41, 5.74) is 0.0523. The Morgan fingerprint density at radius 1 is 1.32 bits per heavy atom. The monoisotopic (exact) mass is 288 g/mol. The minimum atomic E-state index is -1.07. The third-order valence-corrected chi connectivity index (χ3v) is 2.58. The van der Waals surface area contributed by atoms with Crippen LogP contribution < -0.4 is 9.47 Å². The highest BCUT2D eigenvalue weighted by molar-refractivity contribution is 6.32. The fourth-order valence-electron chi connectivity index (χ4n) is 1.43. The molecule has 6 heteroatoms. The molecule has 0 unspecified atom stereocenters. The van der Waals surface area contributed by atoms with Gasteiger partial charge in [-0.05, 0) is 18.6 Å². The molecule has 0 atom stereocenters. The number of ether oxygens (including phenoxy) is 3. The summed E-state index contributed by atoms with van der Waals surface area (Å²) >= 11 is 5.99. The summed E-state index contributed by atoms with van der Waals surface area (Å²) in [6.45, 7) is 3.45. The van der Waals surface area contributed by atoms with E-state index in [4.69, 9.17) is 30.9 Å². The molecule has 1 N–H and O–H groups in total. The van der Waals surface area contributed by atoms with Crippen molar-refractivity contribution in [1.29, 1.82) is 0 Å². The second-order valence-corrected chi connectivity index (χ2v) is 4.16. The number of hydrogen-bond acceptors (Lipinski definition) is 4. The van der Waals surface area contributed by atoms with Crippen LogP contribution in [-0.4, -0.2) is 38.0 Å². The van der Waals surface area contributed by atoms with Crippen molar-refractivity contribution in [3.8, 4) is 11.5 Å². The average Bonchev–Trinajstić information content (AvgIpc) is 2.39. The number of aromatic carboxylic acids is 1. The van der Waals surface area contributed by atoms with E-state index >= 15 is 0 Å². The van der Waals surface area contributed by atoms with Gasteiger partial charge in [-0.3, -0.25) is 0 Å². The molecule has 0 aliphatic heterocycles. The maximum Gasteiger partial charge on any atom is 0.335 e. The normalized spacial score (nSPS) is 10.3. The van der Waals surface area contributed by atoms with Crippen molar-refractivity contribution in [3.63, 3.8) is 0 Å². The molecule has 0 amide bonds. The Morgan fingerprint density at radius 3 is 2.63 bits per heavy atom. The first-order chi connectivity index (χ1) is 9.10. The van der Waals surface area contributed by atoms with Gasteiger partial charge in [0.15, 0.2) is 11.5 Å². The molecule has 1 aromatic rings. The number of methoxy groups -OCH3 is 1. The van der Waals surface area contributed by atoms with Crippen molar-refractivity contribution in [3.05, 3.63) is 22.7 Å². The van der Waals surface area contributed by atoms with Gasteiger partial charge in [0, 0.05) is 6.61 Å². The molecule has 0 spiro atoms. The molecular weight excluding hydrogens is 272 g/mol. The fraction of sp³-hybridized carbons (Fsp3) is 0.462. The summed E-state index contributed by atoms with van der Waals surface area (Å²) in [5.74, 6) is -0.451. The van der Waals surface area contributed by atoms with Crippen molar-refractivity contribution < 1.29 is 24.1 Å². The highest BCUT2D eigenvalue weighted by atomic mass is 35.5. The molecular formula is C13H17ClO5. The summed E-state index contributed by atoms with van der Waals surface area (Å²) in [6.07, 6.45) is 0.942. The summed E-state index contributed by atoms with van der Waals surface area (Å²) < 4.78 is 15.8. The second-order valence-electron chi connectivity index (χ2n) is 3.76. The lowest BCUT2D eigenvalue weighted by atomic mass is 10.2. The Morgan fingerprint density at radius 2 is 2.05 bits per heavy atom. The molecule has 1 aromatic carbocycles. The van der Waals surface area contributed by atoms with Crippen molar-refractivity contribution in [2.24, 2.45) is 0 Å². The van der Waals surface area contributed by atoms with Crippen LogP contribution in [0.2, 0.25) is 5.02 Å².